The highest BCUT2D eigenvalue weighted by molar-refractivity contribution is 5.95. The van der Waals surface area contributed by atoms with Crippen LogP contribution in [0.2, 0.25) is 0 Å². The predicted octanol–water partition coefficient (Wildman–Crippen LogP) is 0.977. The fourth-order valence-corrected chi connectivity index (χ4v) is 1.40. The Bertz CT molecular complexity index is 541. The first kappa shape index (κ1) is 14.1. The monoisotopic (exact) mass is 268 g/mol. The first-order chi connectivity index (χ1) is 8.24. The van der Waals surface area contributed by atoms with E-state index in [2.05, 4.69) is 15.5 Å². The highest BCUT2D eigenvalue weighted by Gasteiger charge is 2.09. The van der Waals surface area contributed by atoms with Gasteiger partial charge >= 0.3 is 0 Å². The van der Waals surface area contributed by atoms with Crippen molar-refractivity contribution >= 4 is 18.3 Å². The molecule has 0 atom stereocenters. The van der Waals surface area contributed by atoms with Gasteiger partial charge in [0.05, 0.1) is 6.54 Å². The van der Waals surface area contributed by atoms with E-state index < -0.39 is 0 Å². The summed E-state index contributed by atoms with van der Waals surface area (Å²) < 4.78 is 4.91. The summed E-state index contributed by atoms with van der Waals surface area (Å²) in [6.07, 6.45) is 0. The zero-order valence-corrected chi connectivity index (χ0v) is 10.5. The summed E-state index contributed by atoms with van der Waals surface area (Å²) in [5.41, 5.74) is 6.64. The summed E-state index contributed by atoms with van der Waals surface area (Å²) in [6, 6.07) is 6.98. The number of carbonyl (C=O) groups is 1. The molecule has 0 unspecified atom stereocenters. The van der Waals surface area contributed by atoms with Gasteiger partial charge in [0.1, 0.15) is 0 Å². The Kier molecular flexibility index (Phi) is 4.82. The van der Waals surface area contributed by atoms with Gasteiger partial charge in [-0.1, -0.05) is 17.3 Å². The Labute approximate surface area is 110 Å². The Morgan fingerprint density at radius 3 is 2.89 bits per heavy atom. The highest BCUT2D eigenvalue weighted by Crippen LogP contribution is 2.17. The molecule has 0 saturated heterocycles. The Balaban J connectivity index is 0.00000162. The maximum absolute atomic E-state index is 11.5. The van der Waals surface area contributed by atoms with Crippen molar-refractivity contribution in [2.24, 2.45) is 5.73 Å². The zero-order valence-electron chi connectivity index (χ0n) is 9.71. The summed E-state index contributed by atoms with van der Waals surface area (Å²) in [4.78, 5) is 15.6. The van der Waals surface area contributed by atoms with Crippen LogP contribution in [0.1, 0.15) is 16.2 Å². The summed E-state index contributed by atoms with van der Waals surface area (Å²) in [5, 5.41) is 6.34. The molecular formula is C11H13ClN4O2. The van der Waals surface area contributed by atoms with Gasteiger partial charge in [-0.3, -0.25) is 4.79 Å². The molecule has 96 valence electrons. The van der Waals surface area contributed by atoms with E-state index in [-0.39, 0.29) is 24.9 Å². The van der Waals surface area contributed by atoms with E-state index in [1.54, 1.807) is 31.3 Å². The van der Waals surface area contributed by atoms with E-state index in [1.165, 1.54) is 0 Å². The largest absolute Gasteiger partial charge is 0.355 e. The lowest BCUT2D eigenvalue weighted by Crippen LogP contribution is -2.17. The Morgan fingerprint density at radius 2 is 2.28 bits per heavy atom. The number of amides is 1. The number of rotatable bonds is 3. The fraction of sp³-hybridized carbons (Fsp3) is 0.182. The molecule has 3 N–H and O–H groups in total. The van der Waals surface area contributed by atoms with Crippen LogP contribution in [0.3, 0.4) is 0 Å². The number of hydrogen-bond acceptors (Lipinski definition) is 5. The zero-order chi connectivity index (χ0) is 12.3. The second kappa shape index (κ2) is 6.13. The summed E-state index contributed by atoms with van der Waals surface area (Å²) >= 11 is 0. The molecule has 0 aliphatic heterocycles. The van der Waals surface area contributed by atoms with E-state index >= 15 is 0 Å². The Morgan fingerprint density at radius 1 is 1.50 bits per heavy atom. The number of carbonyl (C=O) groups excluding carboxylic acids is 1. The van der Waals surface area contributed by atoms with E-state index in [9.17, 15) is 4.79 Å². The second-order valence-electron chi connectivity index (χ2n) is 3.38. The first-order valence-corrected chi connectivity index (χ1v) is 5.09. The van der Waals surface area contributed by atoms with Crippen molar-refractivity contribution in [1.29, 1.82) is 0 Å². The molecule has 0 fully saturated rings. The summed E-state index contributed by atoms with van der Waals surface area (Å²) in [5.74, 6) is 0.635. The maximum Gasteiger partial charge on any atom is 0.251 e. The smallest absolute Gasteiger partial charge is 0.251 e. The molecule has 0 aliphatic rings. The Hall–Kier alpha value is -1.92. The third kappa shape index (κ3) is 2.85. The lowest BCUT2D eigenvalue weighted by atomic mass is 10.1. The van der Waals surface area contributed by atoms with E-state index in [0.717, 1.165) is 5.56 Å². The van der Waals surface area contributed by atoms with Gasteiger partial charge in [0.25, 0.3) is 5.91 Å². The normalized spacial score (nSPS) is 9.67. The molecule has 2 rings (SSSR count). The minimum Gasteiger partial charge on any atom is -0.355 e. The molecule has 1 aromatic carbocycles. The van der Waals surface area contributed by atoms with E-state index in [1.807, 2.05) is 0 Å². The van der Waals surface area contributed by atoms with Crippen molar-refractivity contribution in [3.63, 3.8) is 0 Å². The molecule has 1 heterocycles. The lowest BCUT2D eigenvalue weighted by molar-refractivity contribution is 0.0963. The van der Waals surface area contributed by atoms with Gasteiger partial charge < -0.3 is 15.6 Å². The van der Waals surface area contributed by atoms with Crippen LogP contribution in [0, 0.1) is 0 Å². The van der Waals surface area contributed by atoms with Crippen molar-refractivity contribution in [2.45, 2.75) is 6.54 Å². The number of hydrogen-bond donors (Lipinski definition) is 2. The third-order valence-electron chi connectivity index (χ3n) is 2.25. The maximum atomic E-state index is 11.5. The van der Waals surface area contributed by atoms with Gasteiger partial charge in [0.2, 0.25) is 11.7 Å². The standard InChI is InChI=1S/C11H12N4O2.ClH/c1-13-11(16)8-4-2-3-7(5-8)10-14-9(6-12)17-15-10;/h2-5H,6,12H2,1H3,(H,13,16);1H. The van der Waals surface area contributed by atoms with Crippen molar-refractivity contribution < 1.29 is 9.32 Å². The molecule has 1 amide bonds. The number of aromatic nitrogens is 2. The van der Waals surface area contributed by atoms with Crippen LogP contribution in [0.25, 0.3) is 11.4 Å². The van der Waals surface area contributed by atoms with Crippen LogP contribution in [0.4, 0.5) is 0 Å². The number of benzene rings is 1. The molecule has 2 aromatic rings. The van der Waals surface area contributed by atoms with E-state index in [4.69, 9.17) is 10.3 Å². The molecule has 1 aromatic heterocycles. The summed E-state index contributed by atoms with van der Waals surface area (Å²) in [7, 11) is 1.58. The van der Waals surface area contributed by atoms with Gasteiger partial charge in [0.15, 0.2) is 0 Å². The average Bonchev–Trinajstić information content (AvgIpc) is 2.86. The molecule has 0 saturated carbocycles. The van der Waals surface area contributed by atoms with E-state index in [0.29, 0.717) is 17.3 Å². The minimum absolute atomic E-state index is 0. The number of halogens is 1. The van der Waals surface area contributed by atoms with Gasteiger partial charge in [0, 0.05) is 18.2 Å². The molecular weight excluding hydrogens is 256 g/mol. The lowest BCUT2D eigenvalue weighted by Gasteiger charge is -2.00. The first-order valence-electron chi connectivity index (χ1n) is 5.09. The third-order valence-corrected chi connectivity index (χ3v) is 2.25. The van der Waals surface area contributed by atoms with Crippen molar-refractivity contribution in [2.75, 3.05) is 7.05 Å². The number of nitrogens with one attached hydrogen (secondary N) is 1. The van der Waals surface area contributed by atoms with Crippen LogP contribution in [0.5, 0.6) is 0 Å². The van der Waals surface area contributed by atoms with Gasteiger partial charge in [-0.05, 0) is 12.1 Å². The van der Waals surface area contributed by atoms with Gasteiger partial charge in [-0.15, -0.1) is 12.4 Å². The molecule has 18 heavy (non-hydrogen) atoms. The molecule has 7 heteroatoms. The average molecular weight is 269 g/mol. The predicted molar refractivity (Wildman–Crippen MR) is 68.3 cm³/mol. The SMILES string of the molecule is CNC(=O)c1cccc(-c2noc(CN)n2)c1.Cl. The van der Waals surface area contributed by atoms with Crippen LogP contribution in [-0.2, 0) is 6.54 Å². The van der Waals surface area contributed by atoms with Crippen molar-refractivity contribution in [3.05, 3.63) is 35.7 Å². The minimum atomic E-state index is -0.158. The topological polar surface area (TPSA) is 94.0 Å². The van der Waals surface area contributed by atoms with Crippen LogP contribution in [0.15, 0.2) is 28.8 Å². The second-order valence-corrected chi connectivity index (χ2v) is 3.38. The molecule has 0 bridgehead atoms. The van der Waals surface area contributed by atoms with Gasteiger partial charge in [-0.25, -0.2) is 0 Å². The fourth-order valence-electron chi connectivity index (χ4n) is 1.40. The number of nitrogens with two attached hydrogens (primary N) is 1. The quantitative estimate of drug-likeness (QED) is 0.865. The highest BCUT2D eigenvalue weighted by atomic mass is 35.5. The van der Waals surface area contributed by atoms with Crippen molar-refractivity contribution in [3.8, 4) is 11.4 Å². The van der Waals surface area contributed by atoms with Crippen molar-refractivity contribution in [1.82, 2.24) is 15.5 Å². The molecule has 0 aliphatic carbocycles. The molecule has 0 spiro atoms. The van der Waals surface area contributed by atoms with Crippen LogP contribution in [-0.4, -0.2) is 23.1 Å². The number of nitrogens with zero attached hydrogens (tertiary/aromatic N) is 2. The van der Waals surface area contributed by atoms with Crippen LogP contribution < -0.4 is 11.1 Å². The molecule has 6 nitrogen and oxygen atoms in total. The molecule has 0 radical (unpaired) electrons. The van der Waals surface area contributed by atoms with Crippen LogP contribution >= 0.6 is 12.4 Å². The summed E-state index contributed by atoms with van der Waals surface area (Å²) in [6.45, 7) is 0.197. The van der Waals surface area contributed by atoms with Gasteiger partial charge in [-0.2, -0.15) is 4.98 Å².